The average Bonchev–Trinajstić information content (AvgIpc) is 2.52. The molecule has 3 nitrogen and oxygen atoms in total. The minimum absolute atomic E-state index is 0.500. The van der Waals surface area contributed by atoms with Gasteiger partial charge in [0.05, 0.1) is 0 Å². The second kappa shape index (κ2) is 7.78. The summed E-state index contributed by atoms with van der Waals surface area (Å²) in [5.41, 5.74) is 1.76. The van der Waals surface area contributed by atoms with Gasteiger partial charge in [-0.1, -0.05) is 36.4 Å². The molecule has 1 heterocycles. The van der Waals surface area contributed by atoms with Gasteiger partial charge in [-0.25, -0.2) is 9.37 Å². The van der Waals surface area contributed by atoms with Gasteiger partial charge in [-0.15, -0.1) is 11.8 Å². The minimum atomic E-state index is -0.894. The highest BCUT2D eigenvalue weighted by atomic mass is 32.2. The van der Waals surface area contributed by atoms with Gasteiger partial charge in [0.1, 0.15) is 11.7 Å². The average molecular weight is 305 g/mol. The lowest BCUT2D eigenvalue weighted by molar-refractivity contribution is -0.147. The fraction of sp³-hybridized carbons (Fsp3) is 0.250. The van der Waals surface area contributed by atoms with Crippen LogP contribution in [0.1, 0.15) is 24.2 Å². The highest BCUT2D eigenvalue weighted by Gasteiger charge is 2.19. The molecule has 1 aromatic carbocycles. The summed E-state index contributed by atoms with van der Waals surface area (Å²) in [4.78, 5) is 15.3. The first-order valence-electron chi connectivity index (χ1n) is 6.55. The van der Waals surface area contributed by atoms with Crippen molar-refractivity contribution in [3.8, 4) is 0 Å². The van der Waals surface area contributed by atoms with E-state index in [1.165, 1.54) is 18.7 Å². The van der Waals surface area contributed by atoms with Crippen LogP contribution < -0.4 is 0 Å². The zero-order valence-corrected chi connectivity index (χ0v) is 12.5. The van der Waals surface area contributed by atoms with E-state index in [1.807, 2.05) is 30.3 Å². The third-order valence-electron chi connectivity index (χ3n) is 2.81. The van der Waals surface area contributed by atoms with E-state index in [9.17, 15) is 9.18 Å². The summed E-state index contributed by atoms with van der Waals surface area (Å²) >= 11 is 1.50. The molecule has 5 heteroatoms. The van der Waals surface area contributed by atoms with Crippen LogP contribution in [0, 0.1) is 0 Å². The van der Waals surface area contributed by atoms with E-state index in [0.29, 0.717) is 10.6 Å². The standard InChI is InChI=1S/C16H16FNO2S/c1-12(19)20-15(10-17)14-8-5-9-18-16(14)21-11-13-6-3-2-4-7-13/h2-9,15H,10-11H2,1H3. The summed E-state index contributed by atoms with van der Waals surface area (Å²) in [6.07, 6.45) is 0.759. The Hall–Kier alpha value is -1.88. The molecule has 0 saturated heterocycles. The van der Waals surface area contributed by atoms with Crippen LogP contribution in [0.25, 0.3) is 0 Å². The lowest BCUT2D eigenvalue weighted by Crippen LogP contribution is -2.12. The molecule has 0 spiro atoms. The summed E-state index contributed by atoms with van der Waals surface area (Å²) in [6.45, 7) is 0.514. The number of esters is 1. The smallest absolute Gasteiger partial charge is 0.303 e. The van der Waals surface area contributed by atoms with Crippen LogP contribution in [0.5, 0.6) is 0 Å². The molecular formula is C16H16FNO2S. The van der Waals surface area contributed by atoms with Gasteiger partial charge in [0.25, 0.3) is 0 Å². The summed E-state index contributed by atoms with van der Waals surface area (Å²) in [7, 11) is 0. The van der Waals surface area contributed by atoms with E-state index in [4.69, 9.17) is 4.74 Å². The molecule has 0 aliphatic carbocycles. The summed E-state index contributed by atoms with van der Waals surface area (Å²) in [5, 5.41) is 0.685. The van der Waals surface area contributed by atoms with E-state index in [-0.39, 0.29) is 0 Å². The Labute approximate surface area is 127 Å². The van der Waals surface area contributed by atoms with Gasteiger partial charge in [0.2, 0.25) is 0 Å². The van der Waals surface area contributed by atoms with Gasteiger partial charge in [0, 0.05) is 24.4 Å². The van der Waals surface area contributed by atoms with Gasteiger partial charge >= 0.3 is 5.97 Å². The number of ether oxygens (including phenoxy) is 1. The molecule has 0 amide bonds. The van der Waals surface area contributed by atoms with Gasteiger partial charge in [-0.2, -0.15) is 0 Å². The molecule has 0 aliphatic heterocycles. The second-order valence-corrected chi connectivity index (χ2v) is 5.39. The fourth-order valence-corrected chi connectivity index (χ4v) is 2.87. The Morgan fingerprint density at radius 1 is 1.29 bits per heavy atom. The van der Waals surface area contributed by atoms with E-state index in [0.717, 1.165) is 11.3 Å². The van der Waals surface area contributed by atoms with Gasteiger partial charge in [-0.3, -0.25) is 4.79 Å². The zero-order chi connectivity index (χ0) is 15.1. The maximum Gasteiger partial charge on any atom is 0.303 e. The van der Waals surface area contributed by atoms with E-state index >= 15 is 0 Å². The number of nitrogens with zero attached hydrogens (tertiary/aromatic N) is 1. The normalized spacial score (nSPS) is 11.9. The highest BCUT2D eigenvalue weighted by molar-refractivity contribution is 7.98. The Kier molecular flexibility index (Phi) is 5.75. The maximum atomic E-state index is 13.1. The third-order valence-corrected chi connectivity index (χ3v) is 3.91. The van der Waals surface area contributed by atoms with E-state index < -0.39 is 18.7 Å². The largest absolute Gasteiger partial charge is 0.455 e. The lowest BCUT2D eigenvalue weighted by Gasteiger charge is -2.16. The maximum absolute atomic E-state index is 13.1. The van der Waals surface area contributed by atoms with Crippen molar-refractivity contribution in [2.24, 2.45) is 0 Å². The molecule has 0 N–H and O–H groups in total. The number of benzene rings is 1. The number of thioether (sulfide) groups is 1. The number of aromatic nitrogens is 1. The minimum Gasteiger partial charge on any atom is -0.455 e. The lowest BCUT2D eigenvalue weighted by atomic mass is 10.2. The molecule has 0 aliphatic rings. The molecule has 1 unspecified atom stereocenters. The Morgan fingerprint density at radius 2 is 2.05 bits per heavy atom. The number of alkyl halides is 1. The van der Waals surface area contributed by atoms with Crippen molar-refractivity contribution in [3.63, 3.8) is 0 Å². The summed E-state index contributed by atoms with van der Waals surface area (Å²) < 4.78 is 18.1. The molecule has 1 atom stereocenters. The van der Waals surface area contributed by atoms with Crippen LogP contribution in [-0.4, -0.2) is 17.6 Å². The molecular weight excluding hydrogens is 289 g/mol. The highest BCUT2D eigenvalue weighted by Crippen LogP contribution is 2.30. The van der Waals surface area contributed by atoms with Crippen LogP contribution in [0.4, 0.5) is 4.39 Å². The Morgan fingerprint density at radius 3 is 2.71 bits per heavy atom. The molecule has 0 radical (unpaired) electrons. The molecule has 2 aromatic rings. The van der Waals surface area contributed by atoms with Crippen LogP contribution in [-0.2, 0) is 15.3 Å². The first kappa shape index (κ1) is 15.5. The van der Waals surface area contributed by atoms with E-state index in [2.05, 4.69) is 4.98 Å². The van der Waals surface area contributed by atoms with Gasteiger partial charge in [-0.05, 0) is 11.6 Å². The van der Waals surface area contributed by atoms with Crippen LogP contribution >= 0.6 is 11.8 Å². The van der Waals surface area contributed by atoms with Gasteiger partial charge < -0.3 is 4.74 Å². The molecule has 2 rings (SSSR count). The van der Waals surface area contributed by atoms with Crippen LogP contribution in [0.15, 0.2) is 53.7 Å². The number of rotatable bonds is 6. The zero-order valence-electron chi connectivity index (χ0n) is 11.7. The second-order valence-electron chi connectivity index (χ2n) is 4.42. The number of carbonyl (C=O) groups is 1. The van der Waals surface area contributed by atoms with Crippen molar-refractivity contribution in [2.75, 3.05) is 6.67 Å². The first-order chi connectivity index (χ1) is 10.2. The molecule has 0 fully saturated rings. The topological polar surface area (TPSA) is 39.2 Å². The predicted octanol–water partition coefficient (Wildman–Crippen LogP) is 3.95. The fourth-order valence-electron chi connectivity index (χ4n) is 1.87. The Bertz CT molecular complexity index is 592. The monoisotopic (exact) mass is 305 g/mol. The molecule has 0 bridgehead atoms. The first-order valence-corrected chi connectivity index (χ1v) is 7.54. The van der Waals surface area contributed by atoms with Gasteiger partial charge in [0.15, 0.2) is 6.10 Å². The third kappa shape index (κ3) is 4.56. The Balaban J connectivity index is 2.14. The van der Waals surface area contributed by atoms with Crippen LogP contribution in [0.3, 0.4) is 0 Å². The van der Waals surface area contributed by atoms with Crippen molar-refractivity contribution < 1.29 is 13.9 Å². The van der Waals surface area contributed by atoms with Crippen molar-refractivity contribution in [2.45, 2.75) is 23.8 Å². The van der Waals surface area contributed by atoms with Crippen LogP contribution in [0.2, 0.25) is 0 Å². The molecule has 21 heavy (non-hydrogen) atoms. The number of hydrogen-bond acceptors (Lipinski definition) is 4. The molecule has 110 valence electrons. The van der Waals surface area contributed by atoms with Crippen molar-refractivity contribution in [3.05, 3.63) is 59.8 Å². The van der Waals surface area contributed by atoms with Crippen molar-refractivity contribution in [1.29, 1.82) is 0 Å². The molecule has 1 aromatic heterocycles. The number of halogens is 1. The predicted molar refractivity (Wildman–Crippen MR) is 80.7 cm³/mol. The number of hydrogen-bond donors (Lipinski definition) is 0. The molecule has 0 saturated carbocycles. The number of carbonyl (C=O) groups excluding carboxylic acids is 1. The SMILES string of the molecule is CC(=O)OC(CF)c1cccnc1SCc1ccccc1. The van der Waals surface area contributed by atoms with Crippen molar-refractivity contribution >= 4 is 17.7 Å². The summed E-state index contributed by atoms with van der Waals surface area (Å²) in [5.74, 6) is 0.227. The number of pyridine rings is 1. The van der Waals surface area contributed by atoms with E-state index in [1.54, 1.807) is 18.3 Å². The summed E-state index contributed by atoms with van der Waals surface area (Å²) in [6, 6.07) is 13.4. The quantitative estimate of drug-likeness (QED) is 0.598. The van der Waals surface area contributed by atoms with Crippen molar-refractivity contribution in [1.82, 2.24) is 4.98 Å².